The minimum Gasteiger partial charge on any atom is -0.496 e. The summed E-state index contributed by atoms with van der Waals surface area (Å²) in [5.74, 6) is 0.760. The van der Waals surface area contributed by atoms with Crippen LogP contribution in [0, 0.1) is 0 Å². The van der Waals surface area contributed by atoms with Crippen LogP contribution in [0.1, 0.15) is 44.7 Å². The molecule has 1 aliphatic heterocycles. The summed E-state index contributed by atoms with van der Waals surface area (Å²) in [6.45, 7) is 4.96. The Kier molecular flexibility index (Phi) is 6.42. The van der Waals surface area contributed by atoms with Crippen LogP contribution >= 0.6 is 0 Å². The molecular formula is C18H28N2O3. The molecule has 1 aliphatic rings. The van der Waals surface area contributed by atoms with Crippen molar-refractivity contribution in [3.8, 4) is 5.75 Å². The van der Waals surface area contributed by atoms with E-state index < -0.39 is 6.10 Å². The number of ether oxygens (including phenoxy) is 1. The second-order valence-electron chi connectivity index (χ2n) is 6.31. The number of carbonyl (C=O) groups is 1. The monoisotopic (exact) mass is 320 g/mol. The van der Waals surface area contributed by atoms with Gasteiger partial charge in [0, 0.05) is 11.6 Å². The number of piperidine rings is 1. The number of aliphatic hydroxyl groups is 1. The number of carbonyl (C=O) groups excluding carboxylic acids is 1. The first-order valence-corrected chi connectivity index (χ1v) is 8.37. The van der Waals surface area contributed by atoms with Crippen LogP contribution in [0.25, 0.3) is 0 Å². The first-order chi connectivity index (χ1) is 11.0. The van der Waals surface area contributed by atoms with E-state index in [2.05, 4.69) is 10.2 Å². The van der Waals surface area contributed by atoms with Crippen molar-refractivity contribution < 1.29 is 14.6 Å². The van der Waals surface area contributed by atoms with Gasteiger partial charge in [0.1, 0.15) is 5.75 Å². The molecule has 2 N–H and O–H groups in total. The number of aliphatic hydroxyl groups excluding tert-OH is 1. The lowest BCUT2D eigenvalue weighted by Gasteiger charge is -2.37. The lowest BCUT2D eigenvalue weighted by molar-refractivity contribution is -0.124. The van der Waals surface area contributed by atoms with Gasteiger partial charge in [-0.3, -0.25) is 9.69 Å². The van der Waals surface area contributed by atoms with Crippen LogP contribution < -0.4 is 10.1 Å². The number of hydrogen-bond acceptors (Lipinski definition) is 4. The highest BCUT2D eigenvalue weighted by molar-refractivity contribution is 5.78. The Morgan fingerprint density at radius 2 is 2.13 bits per heavy atom. The van der Waals surface area contributed by atoms with Gasteiger partial charge in [0.25, 0.3) is 0 Å². The number of benzene rings is 1. The molecule has 3 atom stereocenters. The number of rotatable bonds is 6. The second-order valence-corrected chi connectivity index (χ2v) is 6.31. The van der Waals surface area contributed by atoms with Crippen molar-refractivity contribution in [3.63, 3.8) is 0 Å². The Morgan fingerprint density at radius 1 is 1.39 bits per heavy atom. The molecule has 5 nitrogen and oxygen atoms in total. The molecule has 1 aromatic carbocycles. The highest BCUT2D eigenvalue weighted by Crippen LogP contribution is 2.24. The van der Waals surface area contributed by atoms with Crippen molar-refractivity contribution in [2.75, 3.05) is 20.2 Å². The molecule has 0 aromatic heterocycles. The maximum Gasteiger partial charge on any atom is 0.234 e. The van der Waals surface area contributed by atoms with Crippen LogP contribution in [0.4, 0.5) is 0 Å². The Balaban J connectivity index is 1.95. The van der Waals surface area contributed by atoms with Crippen molar-refractivity contribution in [1.82, 2.24) is 10.2 Å². The standard InChI is InChI=1S/C18H28N2O3/c1-13(15-8-4-5-10-17(15)23-3)19-18(22)12-20-11-7-6-9-16(20)14(2)21/h4-5,8,10,13-14,16,21H,6-7,9,11-12H2,1-3H3,(H,19,22). The van der Waals surface area contributed by atoms with Crippen LogP contribution in [0.2, 0.25) is 0 Å². The average Bonchev–Trinajstić information content (AvgIpc) is 2.54. The van der Waals surface area contributed by atoms with Gasteiger partial charge in [-0.1, -0.05) is 24.6 Å². The zero-order valence-corrected chi connectivity index (χ0v) is 14.3. The number of methoxy groups -OCH3 is 1. The van der Waals surface area contributed by atoms with Gasteiger partial charge in [-0.15, -0.1) is 0 Å². The van der Waals surface area contributed by atoms with E-state index in [9.17, 15) is 9.90 Å². The topological polar surface area (TPSA) is 61.8 Å². The van der Waals surface area contributed by atoms with Gasteiger partial charge in [0.05, 0.1) is 25.8 Å². The van der Waals surface area contributed by atoms with Gasteiger partial charge in [-0.05, 0) is 39.3 Å². The summed E-state index contributed by atoms with van der Waals surface area (Å²) in [7, 11) is 1.63. The van der Waals surface area contributed by atoms with Crippen molar-refractivity contribution >= 4 is 5.91 Å². The summed E-state index contributed by atoms with van der Waals surface area (Å²) in [6, 6.07) is 7.67. The molecule has 0 bridgehead atoms. The number of hydrogen-bond donors (Lipinski definition) is 2. The molecule has 0 aliphatic carbocycles. The number of nitrogens with one attached hydrogen (secondary N) is 1. The van der Waals surface area contributed by atoms with Crippen LogP contribution in [-0.2, 0) is 4.79 Å². The molecule has 1 heterocycles. The summed E-state index contributed by atoms with van der Waals surface area (Å²) in [4.78, 5) is 14.5. The molecule has 0 saturated carbocycles. The zero-order valence-electron chi connectivity index (χ0n) is 14.3. The summed E-state index contributed by atoms with van der Waals surface area (Å²) in [6.07, 6.45) is 2.74. The largest absolute Gasteiger partial charge is 0.496 e. The molecule has 128 valence electrons. The third-order valence-corrected chi connectivity index (χ3v) is 4.55. The predicted molar refractivity (Wildman–Crippen MR) is 90.4 cm³/mol. The van der Waals surface area contributed by atoms with Crippen molar-refractivity contribution in [1.29, 1.82) is 0 Å². The van der Waals surface area contributed by atoms with Crippen LogP contribution in [-0.4, -0.2) is 48.3 Å². The maximum atomic E-state index is 12.4. The molecule has 1 aromatic rings. The van der Waals surface area contributed by atoms with E-state index in [0.29, 0.717) is 6.54 Å². The van der Waals surface area contributed by atoms with Gasteiger partial charge in [-0.25, -0.2) is 0 Å². The quantitative estimate of drug-likeness (QED) is 0.843. The highest BCUT2D eigenvalue weighted by atomic mass is 16.5. The predicted octanol–water partition coefficient (Wildman–Crippen LogP) is 2.11. The SMILES string of the molecule is COc1ccccc1C(C)NC(=O)CN1CCCCC1C(C)O. The minimum absolute atomic E-state index is 0.0176. The molecule has 3 unspecified atom stereocenters. The Morgan fingerprint density at radius 3 is 2.83 bits per heavy atom. The van der Waals surface area contributed by atoms with E-state index >= 15 is 0 Å². The Bertz CT molecular complexity index is 519. The molecule has 0 radical (unpaired) electrons. The van der Waals surface area contributed by atoms with Gasteiger partial charge in [0.15, 0.2) is 0 Å². The van der Waals surface area contributed by atoms with Crippen molar-refractivity contribution in [3.05, 3.63) is 29.8 Å². The fourth-order valence-electron chi connectivity index (χ4n) is 3.33. The van der Waals surface area contributed by atoms with Crippen LogP contribution in [0.3, 0.4) is 0 Å². The summed E-state index contributed by atoms with van der Waals surface area (Å²) in [5, 5.41) is 12.9. The van der Waals surface area contributed by atoms with Crippen molar-refractivity contribution in [2.24, 2.45) is 0 Å². The van der Waals surface area contributed by atoms with E-state index in [0.717, 1.165) is 37.1 Å². The lowest BCUT2D eigenvalue weighted by Crippen LogP contribution is -2.50. The molecule has 2 rings (SSSR count). The van der Waals surface area contributed by atoms with E-state index in [-0.39, 0.29) is 18.0 Å². The lowest BCUT2D eigenvalue weighted by atomic mass is 9.98. The molecule has 1 amide bonds. The second kappa shape index (κ2) is 8.31. The first-order valence-electron chi connectivity index (χ1n) is 8.37. The van der Waals surface area contributed by atoms with Crippen LogP contribution in [0.5, 0.6) is 5.75 Å². The van der Waals surface area contributed by atoms with Gasteiger partial charge < -0.3 is 15.2 Å². The molecule has 1 fully saturated rings. The molecule has 23 heavy (non-hydrogen) atoms. The van der Waals surface area contributed by atoms with E-state index in [1.807, 2.05) is 31.2 Å². The molecule has 1 saturated heterocycles. The Hall–Kier alpha value is -1.59. The summed E-state index contributed by atoms with van der Waals surface area (Å²) < 4.78 is 5.35. The van der Waals surface area contributed by atoms with E-state index in [1.54, 1.807) is 14.0 Å². The number of amides is 1. The Labute approximate surface area is 138 Å². The smallest absolute Gasteiger partial charge is 0.234 e. The third-order valence-electron chi connectivity index (χ3n) is 4.55. The minimum atomic E-state index is -0.408. The highest BCUT2D eigenvalue weighted by Gasteiger charge is 2.28. The fourth-order valence-corrected chi connectivity index (χ4v) is 3.33. The normalized spacial score (nSPS) is 21.5. The molecule has 5 heteroatoms. The summed E-state index contributed by atoms with van der Waals surface area (Å²) in [5.41, 5.74) is 0.967. The molecular weight excluding hydrogens is 292 g/mol. The number of likely N-dealkylation sites (tertiary alicyclic amines) is 1. The van der Waals surface area contributed by atoms with E-state index in [4.69, 9.17) is 4.74 Å². The maximum absolute atomic E-state index is 12.4. The van der Waals surface area contributed by atoms with Crippen LogP contribution in [0.15, 0.2) is 24.3 Å². The zero-order chi connectivity index (χ0) is 16.8. The number of nitrogens with zero attached hydrogens (tertiary/aromatic N) is 1. The third kappa shape index (κ3) is 4.69. The van der Waals surface area contributed by atoms with Gasteiger partial charge in [0.2, 0.25) is 5.91 Å². The summed E-state index contributed by atoms with van der Waals surface area (Å²) >= 11 is 0. The average molecular weight is 320 g/mol. The van der Waals surface area contributed by atoms with Crippen molar-refractivity contribution in [2.45, 2.75) is 51.3 Å². The fraction of sp³-hybridized carbons (Fsp3) is 0.611. The number of para-hydroxylation sites is 1. The van der Waals surface area contributed by atoms with Gasteiger partial charge >= 0.3 is 0 Å². The molecule has 0 spiro atoms. The van der Waals surface area contributed by atoms with Gasteiger partial charge in [-0.2, -0.15) is 0 Å². The van der Waals surface area contributed by atoms with E-state index in [1.165, 1.54) is 0 Å². The first kappa shape index (κ1) is 17.8.